The number of rotatable bonds is 3. The number of nitrogens with zero attached hydrogens (tertiary/aromatic N) is 1. The third kappa shape index (κ3) is 2.45. The van der Waals surface area contributed by atoms with Crippen LogP contribution in [0.2, 0.25) is 0 Å². The van der Waals surface area contributed by atoms with Crippen molar-refractivity contribution < 1.29 is 9.26 Å². The largest absolute Gasteiger partial charge is 0.438 e. The van der Waals surface area contributed by atoms with Crippen molar-refractivity contribution in [1.82, 2.24) is 10.1 Å². The Morgan fingerprint density at radius 1 is 1.57 bits per heavy atom. The number of H-pyrrole nitrogens is 1. The molecule has 5 nitrogen and oxygen atoms in total. The lowest BCUT2D eigenvalue weighted by Crippen LogP contribution is -2.23. The highest BCUT2D eigenvalue weighted by molar-refractivity contribution is 4.92. The number of hydrogen-bond donors (Lipinski definition) is 1. The lowest BCUT2D eigenvalue weighted by Gasteiger charge is -2.27. The minimum atomic E-state index is -0.547. The van der Waals surface area contributed by atoms with Gasteiger partial charge in [0.2, 0.25) is 0 Å². The molecule has 1 N–H and O–H groups in total. The third-order valence-corrected chi connectivity index (χ3v) is 1.83. The Morgan fingerprint density at radius 2 is 2.21 bits per heavy atom. The first-order valence-corrected chi connectivity index (χ1v) is 4.62. The average molecular weight is 200 g/mol. The Labute approximate surface area is 82.4 Å². The Balaban J connectivity index is 2.94. The zero-order valence-corrected chi connectivity index (χ0v) is 8.96. The predicted molar refractivity (Wildman–Crippen MR) is 50.9 cm³/mol. The van der Waals surface area contributed by atoms with Crippen LogP contribution in [0.15, 0.2) is 9.32 Å². The van der Waals surface area contributed by atoms with Gasteiger partial charge < -0.3 is 4.74 Å². The van der Waals surface area contributed by atoms with E-state index in [0.29, 0.717) is 12.4 Å². The Kier molecular flexibility index (Phi) is 3.10. The van der Waals surface area contributed by atoms with Gasteiger partial charge in [0, 0.05) is 6.61 Å². The normalized spacial score (nSPS) is 14.3. The zero-order chi connectivity index (χ0) is 10.8. The molecular weight excluding hydrogens is 184 g/mol. The van der Waals surface area contributed by atoms with Crippen LogP contribution in [0.3, 0.4) is 0 Å². The minimum Gasteiger partial charge on any atom is -0.370 e. The predicted octanol–water partition coefficient (Wildman–Crippen LogP) is 1.49. The van der Waals surface area contributed by atoms with E-state index < -0.39 is 5.76 Å². The summed E-state index contributed by atoms with van der Waals surface area (Å²) in [6, 6.07) is 0. The molecule has 1 aromatic rings. The molecule has 0 bridgehead atoms. The third-order valence-electron chi connectivity index (χ3n) is 1.83. The van der Waals surface area contributed by atoms with E-state index >= 15 is 0 Å². The molecule has 80 valence electrons. The number of nitrogens with one attached hydrogen (secondary N) is 1. The summed E-state index contributed by atoms with van der Waals surface area (Å²) in [5.74, 6) is -0.0988. The molecule has 0 aliphatic heterocycles. The van der Waals surface area contributed by atoms with Gasteiger partial charge in [-0.2, -0.15) is 0 Å². The Morgan fingerprint density at radius 3 is 2.57 bits per heavy atom. The van der Waals surface area contributed by atoms with Crippen molar-refractivity contribution in [3.63, 3.8) is 0 Å². The van der Waals surface area contributed by atoms with E-state index in [1.807, 2.05) is 27.7 Å². The standard InChI is InChI=1S/C9H16N2O3/c1-5-13-6(9(2,3)4)7-10-8(12)14-11-7/h6H,5H2,1-4H3,(H,10,11,12). The maximum atomic E-state index is 10.8. The SMILES string of the molecule is CCOC(c1noc(=O)[nH]1)C(C)(C)C. The molecular formula is C9H16N2O3. The smallest absolute Gasteiger partial charge is 0.370 e. The van der Waals surface area contributed by atoms with Crippen LogP contribution in [0.1, 0.15) is 39.6 Å². The van der Waals surface area contributed by atoms with E-state index in [2.05, 4.69) is 14.7 Å². The number of aromatic nitrogens is 2. The summed E-state index contributed by atoms with van der Waals surface area (Å²) in [5.41, 5.74) is -0.129. The number of aromatic amines is 1. The fourth-order valence-electron chi connectivity index (χ4n) is 1.26. The van der Waals surface area contributed by atoms with E-state index in [1.54, 1.807) is 0 Å². The first kappa shape index (κ1) is 11.0. The van der Waals surface area contributed by atoms with Gasteiger partial charge in [-0.1, -0.05) is 25.9 Å². The molecule has 0 radical (unpaired) electrons. The molecule has 0 saturated carbocycles. The van der Waals surface area contributed by atoms with E-state index in [4.69, 9.17) is 4.74 Å². The van der Waals surface area contributed by atoms with Gasteiger partial charge in [0.15, 0.2) is 5.82 Å². The summed E-state index contributed by atoms with van der Waals surface area (Å²) in [6.07, 6.45) is -0.251. The molecule has 5 heteroatoms. The van der Waals surface area contributed by atoms with E-state index in [-0.39, 0.29) is 11.5 Å². The Hall–Kier alpha value is -1.10. The second-order valence-corrected chi connectivity index (χ2v) is 4.18. The molecule has 1 atom stereocenters. The monoisotopic (exact) mass is 200 g/mol. The van der Waals surface area contributed by atoms with Crippen LogP contribution in [-0.4, -0.2) is 16.7 Å². The summed E-state index contributed by atoms with van der Waals surface area (Å²) in [7, 11) is 0. The molecule has 14 heavy (non-hydrogen) atoms. The van der Waals surface area contributed by atoms with Crippen LogP contribution in [0.25, 0.3) is 0 Å². The molecule has 0 spiro atoms. The molecule has 0 amide bonds. The van der Waals surface area contributed by atoms with Gasteiger partial charge in [-0.3, -0.25) is 9.51 Å². The Bertz CT molecular complexity index is 334. The molecule has 0 aliphatic rings. The van der Waals surface area contributed by atoms with Crippen molar-refractivity contribution in [3.8, 4) is 0 Å². The fourth-order valence-corrected chi connectivity index (χ4v) is 1.26. The van der Waals surface area contributed by atoms with Crippen LogP contribution < -0.4 is 5.76 Å². The topological polar surface area (TPSA) is 68.1 Å². The van der Waals surface area contributed by atoms with Gasteiger partial charge in [0.25, 0.3) is 0 Å². The highest BCUT2D eigenvalue weighted by Crippen LogP contribution is 2.33. The first-order chi connectivity index (χ1) is 6.45. The molecule has 0 aliphatic carbocycles. The van der Waals surface area contributed by atoms with Crippen molar-refractivity contribution in [2.45, 2.75) is 33.8 Å². The van der Waals surface area contributed by atoms with E-state index in [1.165, 1.54) is 0 Å². The van der Waals surface area contributed by atoms with Gasteiger partial charge in [-0.15, -0.1) is 0 Å². The highest BCUT2D eigenvalue weighted by atomic mass is 16.5. The molecule has 0 fully saturated rings. The lowest BCUT2D eigenvalue weighted by molar-refractivity contribution is -0.0203. The second kappa shape index (κ2) is 3.96. The van der Waals surface area contributed by atoms with Crippen molar-refractivity contribution in [1.29, 1.82) is 0 Å². The summed E-state index contributed by atoms with van der Waals surface area (Å²) in [5, 5.41) is 3.63. The zero-order valence-electron chi connectivity index (χ0n) is 8.96. The van der Waals surface area contributed by atoms with Crippen LogP contribution in [-0.2, 0) is 4.74 Å². The quantitative estimate of drug-likeness (QED) is 0.802. The molecule has 0 saturated heterocycles. The summed E-state index contributed by atoms with van der Waals surface area (Å²) >= 11 is 0. The number of ether oxygens (including phenoxy) is 1. The van der Waals surface area contributed by atoms with Crippen molar-refractivity contribution in [2.75, 3.05) is 6.61 Å². The fraction of sp³-hybridized carbons (Fsp3) is 0.778. The first-order valence-electron chi connectivity index (χ1n) is 4.62. The van der Waals surface area contributed by atoms with Crippen molar-refractivity contribution >= 4 is 0 Å². The van der Waals surface area contributed by atoms with Gasteiger partial charge >= 0.3 is 5.76 Å². The maximum absolute atomic E-state index is 10.8. The number of hydrogen-bond acceptors (Lipinski definition) is 4. The van der Waals surface area contributed by atoms with Gasteiger partial charge in [-0.25, -0.2) is 4.79 Å². The molecule has 1 aromatic heterocycles. The van der Waals surface area contributed by atoms with E-state index in [9.17, 15) is 4.79 Å². The van der Waals surface area contributed by atoms with Crippen molar-refractivity contribution in [3.05, 3.63) is 16.4 Å². The van der Waals surface area contributed by atoms with Crippen LogP contribution in [0.5, 0.6) is 0 Å². The highest BCUT2D eigenvalue weighted by Gasteiger charge is 2.30. The van der Waals surface area contributed by atoms with Crippen LogP contribution in [0.4, 0.5) is 0 Å². The van der Waals surface area contributed by atoms with Gasteiger partial charge in [0.05, 0.1) is 0 Å². The molecule has 1 unspecified atom stereocenters. The summed E-state index contributed by atoms with van der Waals surface area (Å²) in [4.78, 5) is 13.3. The van der Waals surface area contributed by atoms with Gasteiger partial charge in [0.1, 0.15) is 6.10 Å². The molecule has 1 heterocycles. The maximum Gasteiger partial charge on any atom is 0.438 e. The van der Waals surface area contributed by atoms with E-state index in [0.717, 1.165) is 0 Å². The molecule has 1 rings (SSSR count). The van der Waals surface area contributed by atoms with Gasteiger partial charge in [-0.05, 0) is 12.3 Å². The second-order valence-electron chi connectivity index (χ2n) is 4.18. The summed E-state index contributed by atoms with van der Waals surface area (Å²) in [6.45, 7) is 8.51. The van der Waals surface area contributed by atoms with Crippen molar-refractivity contribution in [2.24, 2.45) is 5.41 Å². The minimum absolute atomic E-state index is 0.129. The summed E-state index contributed by atoms with van der Waals surface area (Å²) < 4.78 is 9.96. The van der Waals surface area contributed by atoms with Crippen LogP contribution >= 0.6 is 0 Å². The average Bonchev–Trinajstić information content (AvgIpc) is 2.45. The van der Waals surface area contributed by atoms with Crippen LogP contribution in [0, 0.1) is 5.41 Å². The lowest BCUT2D eigenvalue weighted by atomic mass is 9.88. The molecule has 0 aromatic carbocycles.